The van der Waals surface area contributed by atoms with Gasteiger partial charge in [0.25, 0.3) is 0 Å². The number of piperazine rings is 1. The molecule has 0 aromatic heterocycles. The fourth-order valence-corrected chi connectivity index (χ4v) is 5.01. The average molecular weight is 520 g/mol. The van der Waals surface area contributed by atoms with Crippen LogP contribution in [0.1, 0.15) is 12.5 Å². The SMILES string of the molecule is CCOc1ccc(S(=O)(=O)N(C)CC(=O)N2CCN(c3cccc(C(F)(F)F)c3)CC2)cc1Cl. The van der Waals surface area contributed by atoms with Crippen molar-refractivity contribution < 1.29 is 31.1 Å². The van der Waals surface area contributed by atoms with E-state index in [2.05, 4.69) is 0 Å². The fourth-order valence-electron chi connectivity index (χ4n) is 3.56. The van der Waals surface area contributed by atoms with Crippen molar-refractivity contribution in [1.29, 1.82) is 0 Å². The highest BCUT2D eigenvalue weighted by molar-refractivity contribution is 7.89. The van der Waals surface area contributed by atoms with Gasteiger partial charge in [-0.1, -0.05) is 17.7 Å². The molecular weight excluding hydrogens is 495 g/mol. The normalized spacial score (nSPS) is 15.0. The van der Waals surface area contributed by atoms with Crippen molar-refractivity contribution >= 4 is 33.2 Å². The van der Waals surface area contributed by atoms with Crippen LogP contribution in [0.15, 0.2) is 47.4 Å². The first-order valence-corrected chi connectivity index (χ1v) is 12.3. The van der Waals surface area contributed by atoms with E-state index >= 15 is 0 Å². The van der Waals surface area contributed by atoms with Crippen LogP contribution in [-0.4, -0.2) is 69.9 Å². The predicted octanol–water partition coefficient (Wildman–Crippen LogP) is 3.73. The van der Waals surface area contributed by atoms with E-state index in [4.69, 9.17) is 16.3 Å². The van der Waals surface area contributed by atoms with Crippen molar-refractivity contribution in [3.63, 3.8) is 0 Å². The van der Waals surface area contributed by atoms with Crippen LogP contribution in [0.25, 0.3) is 0 Å². The smallest absolute Gasteiger partial charge is 0.416 e. The maximum absolute atomic E-state index is 13.0. The standard InChI is InChI=1S/C22H25ClF3N3O4S/c1-3-33-20-8-7-18(14-19(20)23)34(31,32)27(2)15-21(30)29-11-9-28(10-12-29)17-6-4-5-16(13-17)22(24,25)26/h4-8,13-14H,3,9-12,15H2,1-2H3. The van der Waals surface area contributed by atoms with Crippen LogP contribution in [0.5, 0.6) is 5.75 Å². The van der Waals surface area contributed by atoms with Gasteiger partial charge >= 0.3 is 6.18 Å². The second-order valence-corrected chi connectivity index (χ2v) is 10.2. The molecule has 0 spiro atoms. The number of anilines is 1. The van der Waals surface area contributed by atoms with Crippen LogP contribution in [0.4, 0.5) is 18.9 Å². The number of hydrogen-bond acceptors (Lipinski definition) is 5. The Morgan fingerprint density at radius 3 is 2.38 bits per heavy atom. The average Bonchev–Trinajstić information content (AvgIpc) is 2.80. The maximum Gasteiger partial charge on any atom is 0.416 e. The van der Waals surface area contributed by atoms with Crippen LogP contribution < -0.4 is 9.64 Å². The Hall–Kier alpha value is -2.50. The largest absolute Gasteiger partial charge is 0.492 e. The van der Waals surface area contributed by atoms with Crippen LogP contribution >= 0.6 is 11.6 Å². The summed E-state index contributed by atoms with van der Waals surface area (Å²) in [6.45, 7) is 2.96. The van der Waals surface area contributed by atoms with Crippen molar-refractivity contribution in [2.45, 2.75) is 18.0 Å². The van der Waals surface area contributed by atoms with Gasteiger partial charge in [-0.15, -0.1) is 0 Å². The van der Waals surface area contributed by atoms with Crippen LogP contribution in [0.2, 0.25) is 5.02 Å². The van der Waals surface area contributed by atoms with Gasteiger partial charge in [-0.25, -0.2) is 8.42 Å². The number of sulfonamides is 1. The summed E-state index contributed by atoms with van der Waals surface area (Å²) in [5, 5.41) is 0.147. The molecule has 186 valence electrons. The molecular formula is C22H25ClF3N3O4S. The third-order valence-corrected chi connectivity index (χ3v) is 7.54. The molecule has 3 rings (SSSR count). The topological polar surface area (TPSA) is 70.2 Å². The van der Waals surface area contributed by atoms with E-state index in [9.17, 15) is 26.4 Å². The fraction of sp³-hybridized carbons (Fsp3) is 0.409. The predicted molar refractivity (Wildman–Crippen MR) is 123 cm³/mol. The first-order chi connectivity index (χ1) is 15.9. The van der Waals surface area contributed by atoms with Gasteiger partial charge in [0.2, 0.25) is 15.9 Å². The molecule has 0 atom stereocenters. The summed E-state index contributed by atoms with van der Waals surface area (Å²) in [7, 11) is -2.67. The van der Waals surface area contributed by atoms with Gasteiger partial charge in [0.15, 0.2) is 0 Å². The zero-order valence-corrected chi connectivity index (χ0v) is 20.3. The third-order valence-electron chi connectivity index (χ3n) is 5.44. The number of nitrogens with zero attached hydrogens (tertiary/aromatic N) is 3. The molecule has 0 radical (unpaired) electrons. The molecule has 1 aliphatic rings. The summed E-state index contributed by atoms with van der Waals surface area (Å²) in [6, 6.07) is 9.13. The highest BCUT2D eigenvalue weighted by Gasteiger charge is 2.32. The Kier molecular flexibility index (Phi) is 7.99. The van der Waals surface area contributed by atoms with Crippen molar-refractivity contribution in [2.75, 3.05) is 51.3 Å². The van der Waals surface area contributed by atoms with E-state index in [1.165, 1.54) is 36.2 Å². The molecule has 0 bridgehead atoms. The number of benzene rings is 2. The second kappa shape index (κ2) is 10.4. The van der Waals surface area contributed by atoms with Gasteiger partial charge < -0.3 is 14.5 Å². The van der Waals surface area contributed by atoms with Crippen LogP contribution in [-0.2, 0) is 21.0 Å². The minimum absolute atomic E-state index is 0.0642. The molecule has 0 saturated carbocycles. The second-order valence-electron chi connectivity index (χ2n) is 7.70. The lowest BCUT2D eigenvalue weighted by Gasteiger charge is -2.36. The number of likely N-dealkylation sites (N-methyl/N-ethyl adjacent to an activating group) is 1. The molecule has 1 heterocycles. The number of ether oxygens (including phenoxy) is 1. The van der Waals surface area contributed by atoms with Crippen molar-refractivity contribution in [3.05, 3.63) is 53.1 Å². The molecule has 12 heteroatoms. The van der Waals surface area contributed by atoms with Gasteiger partial charge in [-0.2, -0.15) is 17.5 Å². The van der Waals surface area contributed by atoms with Crippen molar-refractivity contribution in [1.82, 2.24) is 9.21 Å². The summed E-state index contributed by atoms with van der Waals surface area (Å²) in [4.78, 5) is 15.9. The molecule has 1 saturated heterocycles. The Morgan fingerprint density at radius 2 is 1.79 bits per heavy atom. The van der Waals surface area contributed by atoms with Gasteiger partial charge in [0.05, 0.1) is 28.6 Å². The van der Waals surface area contributed by atoms with Crippen LogP contribution in [0.3, 0.4) is 0 Å². The van der Waals surface area contributed by atoms with Gasteiger partial charge in [0, 0.05) is 38.9 Å². The molecule has 7 nitrogen and oxygen atoms in total. The summed E-state index contributed by atoms with van der Waals surface area (Å²) < 4.78 is 71.0. The lowest BCUT2D eigenvalue weighted by Crippen LogP contribution is -2.51. The quantitative estimate of drug-likeness (QED) is 0.557. The number of halogens is 4. The zero-order chi connectivity index (χ0) is 25.1. The van der Waals surface area contributed by atoms with Crippen molar-refractivity contribution in [2.24, 2.45) is 0 Å². The lowest BCUT2D eigenvalue weighted by molar-refractivity contribution is -0.137. The van der Waals surface area contributed by atoms with Crippen molar-refractivity contribution in [3.8, 4) is 5.75 Å². The molecule has 1 fully saturated rings. The molecule has 2 aromatic rings. The van der Waals surface area contributed by atoms with Gasteiger partial charge in [-0.05, 0) is 43.3 Å². The number of carbonyl (C=O) groups is 1. The Morgan fingerprint density at radius 1 is 1.12 bits per heavy atom. The monoisotopic (exact) mass is 519 g/mol. The number of amides is 1. The molecule has 1 aliphatic heterocycles. The maximum atomic E-state index is 13.0. The van der Waals surface area contributed by atoms with E-state index in [0.717, 1.165) is 16.4 Å². The van der Waals surface area contributed by atoms with E-state index < -0.39 is 27.7 Å². The van der Waals surface area contributed by atoms with E-state index in [1.807, 2.05) is 0 Å². The minimum Gasteiger partial charge on any atom is -0.492 e. The Labute approximate surface area is 201 Å². The Bertz CT molecular complexity index is 1140. The molecule has 1 amide bonds. The van der Waals surface area contributed by atoms with E-state index in [-0.39, 0.29) is 29.6 Å². The highest BCUT2D eigenvalue weighted by atomic mass is 35.5. The Balaban J connectivity index is 1.61. The third kappa shape index (κ3) is 5.94. The molecule has 0 aliphatic carbocycles. The summed E-state index contributed by atoms with van der Waals surface area (Å²) >= 11 is 6.10. The zero-order valence-electron chi connectivity index (χ0n) is 18.7. The summed E-state index contributed by atoms with van der Waals surface area (Å²) in [5.41, 5.74) is -0.307. The van der Waals surface area contributed by atoms with Gasteiger partial charge in [0.1, 0.15) is 5.75 Å². The summed E-state index contributed by atoms with van der Waals surface area (Å²) in [5.74, 6) is -0.0349. The number of carbonyl (C=O) groups excluding carboxylic acids is 1. The first kappa shape index (κ1) is 26.1. The minimum atomic E-state index is -4.43. The molecule has 2 aromatic carbocycles. The molecule has 0 N–H and O–H groups in total. The number of hydrogen-bond donors (Lipinski definition) is 0. The lowest BCUT2D eigenvalue weighted by atomic mass is 10.1. The first-order valence-electron chi connectivity index (χ1n) is 10.5. The number of rotatable bonds is 7. The van der Waals surface area contributed by atoms with Crippen LogP contribution in [0, 0.1) is 0 Å². The molecule has 0 unspecified atom stereocenters. The number of alkyl halides is 3. The van der Waals surface area contributed by atoms with E-state index in [1.54, 1.807) is 17.9 Å². The molecule has 34 heavy (non-hydrogen) atoms. The van der Waals surface area contributed by atoms with Gasteiger partial charge in [-0.3, -0.25) is 4.79 Å². The van der Waals surface area contributed by atoms with E-state index in [0.29, 0.717) is 31.1 Å². The highest BCUT2D eigenvalue weighted by Crippen LogP contribution is 2.32. The summed E-state index contributed by atoms with van der Waals surface area (Å²) in [6.07, 6.45) is -4.43.